The van der Waals surface area contributed by atoms with Crippen LogP contribution in [0.1, 0.15) is 13.8 Å². The first-order valence-corrected chi connectivity index (χ1v) is 7.87. The van der Waals surface area contributed by atoms with Crippen LogP contribution in [0.2, 0.25) is 0 Å². The molecule has 1 rings (SSSR count). The van der Waals surface area contributed by atoms with Gasteiger partial charge in [0.25, 0.3) is 0 Å². The Morgan fingerprint density at radius 2 is 1.77 bits per heavy atom. The highest BCUT2D eigenvalue weighted by molar-refractivity contribution is 9.28. The fourth-order valence-corrected chi connectivity index (χ4v) is 1.58. The van der Waals surface area contributed by atoms with Gasteiger partial charge in [0, 0.05) is 12.1 Å². The van der Waals surface area contributed by atoms with Crippen molar-refractivity contribution in [2.45, 2.75) is 13.8 Å². The minimum atomic E-state index is -0.841. The maximum atomic E-state index is 13.8. The molecule has 0 heterocycles. The van der Waals surface area contributed by atoms with Crippen molar-refractivity contribution in [2.75, 3.05) is 19.8 Å². The number of hydrogen-bond acceptors (Lipinski definition) is 4. The Kier molecular flexibility index (Phi) is 8.40. The van der Waals surface area contributed by atoms with Gasteiger partial charge < -0.3 is 14.3 Å². The summed E-state index contributed by atoms with van der Waals surface area (Å²) < 4.78 is 38.5. The third-order valence-corrected chi connectivity index (χ3v) is 2.78. The molecule has 0 bridgehead atoms. The summed E-state index contributed by atoms with van der Waals surface area (Å²) in [6.07, 6.45) is 1.65. The fourth-order valence-electron chi connectivity index (χ4n) is 1.31. The lowest BCUT2D eigenvalue weighted by Gasteiger charge is -2.10. The summed E-state index contributed by atoms with van der Waals surface area (Å²) in [5.41, 5.74) is 0.739. The molecule has 0 N–H and O–H groups in total. The van der Waals surface area contributed by atoms with Gasteiger partial charge in [-0.25, -0.2) is 8.78 Å². The first-order valence-electron chi connectivity index (χ1n) is 6.29. The predicted octanol–water partition coefficient (Wildman–Crippen LogP) is 4.77. The van der Waals surface area contributed by atoms with Crippen molar-refractivity contribution in [3.8, 4) is 11.5 Å². The molecule has 0 aliphatic heterocycles. The molecule has 1 aromatic rings. The van der Waals surface area contributed by atoms with Crippen LogP contribution in [0.5, 0.6) is 11.5 Å². The van der Waals surface area contributed by atoms with E-state index in [-0.39, 0.29) is 25.6 Å². The van der Waals surface area contributed by atoms with E-state index in [0.29, 0.717) is 3.39 Å². The number of hydrogen-bond donors (Lipinski definition) is 0. The van der Waals surface area contributed by atoms with E-state index >= 15 is 0 Å². The molecule has 22 heavy (non-hydrogen) atoms. The zero-order valence-electron chi connectivity index (χ0n) is 12.0. The lowest BCUT2D eigenvalue weighted by molar-refractivity contribution is 0.103. The van der Waals surface area contributed by atoms with Crippen LogP contribution in [0, 0.1) is 11.6 Å². The van der Waals surface area contributed by atoms with Crippen molar-refractivity contribution in [1.29, 1.82) is 0 Å². The first kappa shape index (κ1) is 18.9. The molecule has 1 aromatic carbocycles. The molecule has 0 atom stereocenters. The highest BCUT2D eigenvalue weighted by atomic mass is 79.9. The van der Waals surface area contributed by atoms with Crippen LogP contribution in [-0.4, -0.2) is 25.5 Å². The Morgan fingerprint density at radius 1 is 1.14 bits per heavy atom. The second-order valence-corrected chi connectivity index (χ2v) is 7.01. The predicted molar refractivity (Wildman–Crippen MR) is 88.0 cm³/mol. The largest absolute Gasteiger partial charge is 0.489 e. The van der Waals surface area contributed by atoms with Crippen molar-refractivity contribution in [1.82, 2.24) is 0 Å². The van der Waals surface area contributed by atoms with E-state index in [0.717, 1.165) is 17.8 Å². The second-order valence-electron chi connectivity index (χ2n) is 4.24. The average Bonchev–Trinajstić information content (AvgIpc) is 2.40. The second kappa shape index (κ2) is 9.78. The molecular formula is C14H15Br2F2NO3. The van der Waals surface area contributed by atoms with Crippen LogP contribution < -0.4 is 9.47 Å². The van der Waals surface area contributed by atoms with Crippen LogP contribution in [0.4, 0.5) is 8.78 Å². The lowest BCUT2D eigenvalue weighted by atomic mass is 10.3. The minimum Gasteiger partial charge on any atom is -0.489 e. The summed E-state index contributed by atoms with van der Waals surface area (Å²) in [5.74, 6) is -2.08. The molecule has 0 fully saturated rings. The maximum Gasteiger partial charge on any atom is 0.191 e. The summed E-state index contributed by atoms with van der Waals surface area (Å²) in [6.45, 7) is 3.76. The minimum absolute atomic E-state index is 0.0237. The van der Waals surface area contributed by atoms with E-state index in [1.165, 1.54) is 0 Å². The standard InChI is InChI=1S/C14H15Br2F2NO3/c1-9(2)19-22-6-5-21-14-11(17)7-10(8-12(14)18)20-4-3-13(15)16/h3,7-8H,4-6H2,1-2H3. The Bertz CT molecular complexity index is 534. The molecule has 122 valence electrons. The van der Waals surface area contributed by atoms with Gasteiger partial charge in [-0.05, 0) is 51.8 Å². The van der Waals surface area contributed by atoms with Crippen molar-refractivity contribution in [2.24, 2.45) is 5.16 Å². The number of rotatable bonds is 8. The van der Waals surface area contributed by atoms with Gasteiger partial charge in [0.15, 0.2) is 24.0 Å². The molecule has 0 aliphatic rings. The molecule has 0 spiro atoms. The van der Waals surface area contributed by atoms with Gasteiger partial charge in [-0.1, -0.05) is 5.16 Å². The van der Waals surface area contributed by atoms with Crippen molar-refractivity contribution in [3.63, 3.8) is 0 Å². The molecule has 0 aliphatic carbocycles. The number of oxime groups is 1. The van der Waals surface area contributed by atoms with Crippen molar-refractivity contribution in [3.05, 3.63) is 33.2 Å². The van der Waals surface area contributed by atoms with Crippen molar-refractivity contribution >= 4 is 37.6 Å². The average molecular weight is 443 g/mol. The summed E-state index contributed by atoms with van der Waals surface area (Å²) in [7, 11) is 0. The number of benzene rings is 1. The molecule has 0 saturated heterocycles. The smallest absolute Gasteiger partial charge is 0.191 e. The summed E-state index contributed by atoms with van der Waals surface area (Å²) >= 11 is 6.29. The quantitative estimate of drug-likeness (QED) is 0.331. The summed E-state index contributed by atoms with van der Waals surface area (Å²) in [6, 6.07) is 2.12. The monoisotopic (exact) mass is 441 g/mol. The van der Waals surface area contributed by atoms with E-state index in [4.69, 9.17) is 14.3 Å². The van der Waals surface area contributed by atoms with Crippen LogP contribution in [0.15, 0.2) is 26.8 Å². The molecule has 0 saturated carbocycles. The first-order chi connectivity index (χ1) is 10.4. The van der Waals surface area contributed by atoms with Gasteiger partial charge in [-0.3, -0.25) is 0 Å². The summed E-state index contributed by atoms with van der Waals surface area (Å²) in [4.78, 5) is 4.87. The fraction of sp³-hybridized carbons (Fsp3) is 0.357. The Morgan fingerprint density at radius 3 is 2.32 bits per heavy atom. The van der Waals surface area contributed by atoms with E-state index in [1.54, 1.807) is 19.9 Å². The molecule has 8 heteroatoms. The highest BCUT2D eigenvalue weighted by Gasteiger charge is 2.13. The van der Waals surface area contributed by atoms with Gasteiger partial charge in [-0.2, -0.15) is 0 Å². The highest BCUT2D eigenvalue weighted by Crippen LogP contribution is 2.27. The normalized spacial score (nSPS) is 9.91. The topological polar surface area (TPSA) is 40.0 Å². The van der Waals surface area contributed by atoms with E-state index < -0.39 is 17.4 Å². The Balaban J connectivity index is 2.58. The third kappa shape index (κ3) is 7.22. The molecule has 0 aromatic heterocycles. The Hall–Kier alpha value is -1.15. The van der Waals surface area contributed by atoms with Gasteiger partial charge in [-0.15, -0.1) is 0 Å². The van der Waals surface area contributed by atoms with Crippen LogP contribution in [0.3, 0.4) is 0 Å². The number of ether oxygens (including phenoxy) is 2. The van der Waals surface area contributed by atoms with Crippen molar-refractivity contribution < 1.29 is 23.1 Å². The molecule has 0 radical (unpaired) electrons. The van der Waals surface area contributed by atoms with Crippen LogP contribution in [-0.2, 0) is 4.84 Å². The molecular weight excluding hydrogens is 428 g/mol. The SMILES string of the molecule is CC(C)=NOCCOc1c(F)cc(OCC=C(Br)Br)cc1F. The molecule has 0 amide bonds. The van der Waals surface area contributed by atoms with Crippen LogP contribution >= 0.6 is 31.9 Å². The zero-order chi connectivity index (χ0) is 16.5. The zero-order valence-corrected chi connectivity index (χ0v) is 15.2. The van der Waals surface area contributed by atoms with Gasteiger partial charge in [0.2, 0.25) is 0 Å². The van der Waals surface area contributed by atoms with Gasteiger partial charge in [0.05, 0.1) is 9.10 Å². The maximum absolute atomic E-state index is 13.8. The number of halogens is 4. The van der Waals surface area contributed by atoms with E-state index in [9.17, 15) is 8.78 Å². The molecule has 0 unspecified atom stereocenters. The van der Waals surface area contributed by atoms with Gasteiger partial charge in [0.1, 0.15) is 19.0 Å². The van der Waals surface area contributed by atoms with Crippen LogP contribution in [0.25, 0.3) is 0 Å². The van der Waals surface area contributed by atoms with Gasteiger partial charge >= 0.3 is 0 Å². The van der Waals surface area contributed by atoms with E-state index in [1.807, 2.05) is 0 Å². The third-order valence-electron chi connectivity index (χ3n) is 2.13. The lowest BCUT2D eigenvalue weighted by Crippen LogP contribution is -2.07. The number of nitrogens with zero attached hydrogens (tertiary/aromatic N) is 1. The van der Waals surface area contributed by atoms with E-state index in [2.05, 4.69) is 37.0 Å². The molecule has 4 nitrogen and oxygen atoms in total. The summed E-state index contributed by atoms with van der Waals surface area (Å²) in [5, 5.41) is 3.68. The Labute approximate surface area is 144 Å².